The van der Waals surface area contributed by atoms with Gasteiger partial charge in [0.25, 0.3) is 0 Å². The lowest BCUT2D eigenvalue weighted by atomic mass is 9.96. The summed E-state index contributed by atoms with van der Waals surface area (Å²) in [5.41, 5.74) is 6.86. The topological polar surface area (TPSA) is 53.1 Å². The molecule has 0 amide bonds. The van der Waals surface area contributed by atoms with Gasteiger partial charge in [-0.2, -0.15) is 13.2 Å². The van der Waals surface area contributed by atoms with Crippen LogP contribution in [-0.4, -0.2) is 25.1 Å². The molecule has 1 aliphatic rings. The minimum atomic E-state index is -4.09. The zero-order chi connectivity index (χ0) is 14.9. The van der Waals surface area contributed by atoms with Crippen molar-refractivity contribution >= 4 is 27.5 Å². The molecule has 20 heavy (non-hydrogen) atoms. The third-order valence-corrected chi connectivity index (χ3v) is 4.22. The first kappa shape index (κ1) is 15.2. The van der Waals surface area contributed by atoms with Crippen molar-refractivity contribution < 1.29 is 13.2 Å². The molecule has 0 atom stereocenters. The van der Waals surface area contributed by atoms with Gasteiger partial charge in [-0.1, -0.05) is 0 Å². The van der Waals surface area contributed by atoms with Crippen LogP contribution in [0.15, 0.2) is 22.7 Å². The molecule has 0 aliphatic carbocycles. The van der Waals surface area contributed by atoms with E-state index in [-0.39, 0.29) is 18.7 Å². The highest BCUT2D eigenvalue weighted by Crippen LogP contribution is 2.36. The van der Waals surface area contributed by atoms with Gasteiger partial charge >= 0.3 is 6.18 Å². The molecule has 1 aromatic rings. The minimum Gasteiger partial charge on any atom is -0.384 e. The Morgan fingerprint density at radius 3 is 2.35 bits per heavy atom. The molecular formula is C13H15BrF3N3. The molecule has 3 N–H and O–H groups in total. The summed E-state index contributed by atoms with van der Waals surface area (Å²) in [5.74, 6) is -1.24. The Kier molecular flexibility index (Phi) is 4.27. The highest BCUT2D eigenvalue weighted by molar-refractivity contribution is 9.10. The average Bonchev–Trinajstić information content (AvgIpc) is 2.37. The predicted octanol–water partition coefficient (Wildman–Crippen LogP) is 3.51. The van der Waals surface area contributed by atoms with Crippen LogP contribution >= 0.6 is 15.9 Å². The van der Waals surface area contributed by atoms with Crippen molar-refractivity contribution in [1.82, 2.24) is 0 Å². The summed E-state index contributed by atoms with van der Waals surface area (Å²) >= 11 is 3.33. The van der Waals surface area contributed by atoms with Gasteiger partial charge in [0.05, 0.1) is 5.92 Å². The number of nitrogens with two attached hydrogens (primary N) is 1. The van der Waals surface area contributed by atoms with Crippen molar-refractivity contribution in [2.24, 2.45) is 11.7 Å². The van der Waals surface area contributed by atoms with Crippen LogP contribution in [-0.2, 0) is 0 Å². The number of amidine groups is 1. The third-order valence-electron chi connectivity index (χ3n) is 3.57. The fourth-order valence-electron chi connectivity index (χ4n) is 2.38. The van der Waals surface area contributed by atoms with Crippen molar-refractivity contribution in [2.75, 3.05) is 18.0 Å². The molecule has 0 unspecified atom stereocenters. The molecule has 1 aromatic carbocycles. The van der Waals surface area contributed by atoms with Crippen LogP contribution in [0, 0.1) is 11.3 Å². The largest absolute Gasteiger partial charge is 0.391 e. The molecule has 1 heterocycles. The molecule has 7 heteroatoms. The molecule has 1 aliphatic heterocycles. The molecule has 110 valence electrons. The second kappa shape index (κ2) is 5.63. The van der Waals surface area contributed by atoms with E-state index in [2.05, 4.69) is 15.9 Å². The number of hydrogen-bond donors (Lipinski definition) is 2. The predicted molar refractivity (Wildman–Crippen MR) is 76.2 cm³/mol. The average molecular weight is 350 g/mol. The van der Waals surface area contributed by atoms with Crippen LogP contribution in [0.2, 0.25) is 0 Å². The first-order valence-electron chi connectivity index (χ1n) is 6.24. The number of halogens is 4. The van der Waals surface area contributed by atoms with E-state index in [1.54, 1.807) is 18.2 Å². The van der Waals surface area contributed by atoms with E-state index in [0.29, 0.717) is 23.1 Å². The SMILES string of the molecule is N=C(N)c1ccc(N2CCC(C(F)(F)F)CC2)cc1Br. The van der Waals surface area contributed by atoms with Crippen LogP contribution in [0.1, 0.15) is 18.4 Å². The first-order chi connectivity index (χ1) is 9.29. The van der Waals surface area contributed by atoms with Crippen LogP contribution in [0.3, 0.4) is 0 Å². The second-order valence-corrected chi connectivity index (χ2v) is 5.74. The highest BCUT2D eigenvalue weighted by Gasteiger charge is 2.41. The van der Waals surface area contributed by atoms with E-state index >= 15 is 0 Å². The van der Waals surface area contributed by atoms with Gasteiger partial charge in [0.1, 0.15) is 5.84 Å². The molecule has 0 aromatic heterocycles. The van der Waals surface area contributed by atoms with E-state index < -0.39 is 12.1 Å². The summed E-state index contributed by atoms with van der Waals surface area (Å²) in [6.45, 7) is 0.770. The van der Waals surface area contributed by atoms with Gasteiger partial charge in [-0.25, -0.2) is 0 Å². The Balaban J connectivity index is 2.08. The summed E-state index contributed by atoms with van der Waals surface area (Å²) in [6.07, 6.45) is -3.85. The maximum Gasteiger partial charge on any atom is 0.391 e. The highest BCUT2D eigenvalue weighted by atomic mass is 79.9. The fourth-order valence-corrected chi connectivity index (χ4v) is 2.96. The van der Waals surface area contributed by atoms with E-state index in [9.17, 15) is 13.2 Å². The third kappa shape index (κ3) is 3.26. The van der Waals surface area contributed by atoms with Crippen molar-refractivity contribution in [3.05, 3.63) is 28.2 Å². The lowest BCUT2D eigenvalue weighted by Crippen LogP contribution is -2.39. The van der Waals surface area contributed by atoms with Gasteiger partial charge in [-0.3, -0.25) is 5.41 Å². The molecule has 0 bridgehead atoms. The van der Waals surface area contributed by atoms with Crippen molar-refractivity contribution in [3.63, 3.8) is 0 Å². The molecule has 3 nitrogen and oxygen atoms in total. The van der Waals surface area contributed by atoms with Gasteiger partial charge in [0.15, 0.2) is 0 Å². The Bertz CT molecular complexity index is 508. The van der Waals surface area contributed by atoms with Crippen LogP contribution in [0.25, 0.3) is 0 Å². The number of hydrogen-bond acceptors (Lipinski definition) is 2. The zero-order valence-corrected chi connectivity index (χ0v) is 12.3. The van der Waals surface area contributed by atoms with Gasteiger partial charge in [-0.15, -0.1) is 0 Å². The van der Waals surface area contributed by atoms with Gasteiger partial charge in [0.2, 0.25) is 0 Å². The molecule has 0 spiro atoms. The normalized spacial score (nSPS) is 17.3. The number of benzene rings is 1. The van der Waals surface area contributed by atoms with Crippen molar-refractivity contribution in [1.29, 1.82) is 5.41 Å². The van der Waals surface area contributed by atoms with Gasteiger partial charge < -0.3 is 10.6 Å². The van der Waals surface area contributed by atoms with E-state index in [4.69, 9.17) is 11.1 Å². The molecule has 0 radical (unpaired) electrons. The summed E-state index contributed by atoms with van der Waals surface area (Å²) < 4.78 is 38.5. The number of nitrogens with one attached hydrogen (secondary N) is 1. The second-order valence-electron chi connectivity index (χ2n) is 4.88. The lowest BCUT2D eigenvalue weighted by Gasteiger charge is -2.34. The van der Waals surface area contributed by atoms with Crippen molar-refractivity contribution in [2.45, 2.75) is 19.0 Å². The standard InChI is InChI=1S/C13H15BrF3N3/c14-11-7-9(1-2-10(11)12(18)19)20-5-3-8(4-6-20)13(15,16)17/h1-2,7-8H,3-6H2,(H3,18,19). The molecule has 2 rings (SSSR count). The van der Waals surface area contributed by atoms with Gasteiger partial charge in [0, 0.05) is 28.8 Å². The van der Waals surface area contributed by atoms with E-state index in [1.807, 2.05) is 4.90 Å². The van der Waals surface area contributed by atoms with Crippen LogP contribution in [0.5, 0.6) is 0 Å². The number of rotatable bonds is 2. The van der Waals surface area contributed by atoms with E-state index in [0.717, 1.165) is 5.69 Å². The summed E-state index contributed by atoms with van der Waals surface area (Å²) in [5, 5.41) is 7.40. The Labute approximate surface area is 123 Å². The molecule has 1 fully saturated rings. The van der Waals surface area contributed by atoms with Crippen molar-refractivity contribution in [3.8, 4) is 0 Å². The number of nitrogens with zero attached hydrogens (tertiary/aromatic N) is 1. The Morgan fingerprint density at radius 2 is 1.90 bits per heavy atom. The summed E-state index contributed by atoms with van der Waals surface area (Å²) in [7, 11) is 0. The minimum absolute atomic E-state index is 0.0424. The molecule has 0 saturated carbocycles. The zero-order valence-electron chi connectivity index (χ0n) is 10.7. The van der Waals surface area contributed by atoms with E-state index in [1.165, 1.54) is 0 Å². The first-order valence-corrected chi connectivity index (χ1v) is 7.04. The summed E-state index contributed by atoms with van der Waals surface area (Å²) in [4.78, 5) is 1.93. The van der Waals surface area contributed by atoms with Crippen LogP contribution < -0.4 is 10.6 Å². The number of anilines is 1. The molecular weight excluding hydrogens is 335 g/mol. The quantitative estimate of drug-likeness (QED) is 0.634. The number of nitrogen functional groups attached to an aromatic ring is 1. The number of alkyl halides is 3. The monoisotopic (exact) mass is 349 g/mol. The summed E-state index contributed by atoms with van der Waals surface area (Å²) in [6, 6.07) is 5.29. The molecule has 1 saturated heterocycles. The van der Waals surface area contributed by atoms with Crippen LogP contribution in [0.4, 0.5) is 18.9 Å². The Hall–Kier alpha value is -1.24. The maximum absolute atomic E-state index is 12.6. The fraction of sp³-hybridized carbons (Fsp3) is 0.462. The Morgan fingerprint density at radius 1 is 1.30 bits per heavy atom. The maximum atomic E-state index is 12.6. The van der Waals surface area contributed by atoms with Gasteiger partial charge in [-0.05, 0) is 47.0 Å². The number of piperidine rings is 1. The smallest absolute Gasteiger partial charge is 0.384 e. The lowest BCUT2D eigenvalue weighted by molar-refractivity contribution is -0.179.